The molecular formula is C22H28N3O10PS. The summed E-state index contributed by atoms with van der Waals surface area (Å²) in [4.78, 5) is 39.6. The summed E-state index contributed by atoms with van der Waals surface area (Å²) in [5, 5.41) is 20.4. The van der Waals surface area contributed by atoms with Crippen molar-refractivity contribution in [2.24, 2.45) is 11.1 Å². The number of aromatic hydroxyl groups is 1. The number of phosphoric acid groups is 1. The van der Waals surface area contributed by atoms with Gasteiger partial charge in [-0.1, -0.05) is 50.7 Å². The van der Waals surface area contributed by atoms with E-state index in [2.05, 4.69) is 4.98 Å². The van der Waals surface area contributed by atoms with Crippen LogP contribution in [0.15, 0.2) is 36.7 Å². The van der Waals surface area contributed by atoms with E-state index in [0.29, 0.717) is 0 Å². The number of aliphatic hydroxyl groups excluding tert-OH is 1. The number of imidazole rings is 1. The number of aliphatic hydroxyl groups is 1. The van der Waals surface area contributed by atoms with Gasteiger partial charge < -0.3 is 25.2 Å². The molecule has 0 aliphatic carbocycles. The molecule has 2 aromatic rings. The molecule has 1 aromatic heterocycles. The van der Waals surface area contributed by atoms with E-state index < -0.39 is 61.5 Å². The maximum absolute atomic E-state index is 13.4. The zero-order chi connectivity index (χ0) is 27.4. The second kappa shape index (κ2) is 11.8. The fraction of sp³-hybridized carbons (Fsp3) is 0.455. The van der Waals surface area contributed by atoms with E-state index in [1.807, 2.05) is 0 Å². The Balaban J connectivity index is 1.68. The van der Waals surface area contributed by atoms with Crippen LogP contribution in [0.3, 0.4) is 0 Å². The molecular weight excluding hydrogens is 529 g/mol. The molecule has 1 unspecified atom stereocenters. The van der Waals surface area contributed by atoms with Gasteiger partial charge in [-0.2, -0.15) is 0 Å². The Morgan fingerprint density at radius 3 is 2.51 bits per heavy atom. The van der Waals surface area contributed by atoms with E-state index in [9.17, 15) is 29.2 Å². The third-order valence-electron chi connectivity index (χ3n) is 4.98. The number of para-hydroxylation sites is 1. The van der Waals surface area contributed by atoms with Crippen molar-refractivity contribution < 1.29 is 47.5 Å². The first-order chi connectivity index (χ1) is 17.3. The lowest BCUT2D eigenvalue weighted by atomic mass is 10.00. The Kier molecular flexibility index (Phi) is 9.16. The van der Waals surface area contributed by atoms with Gasteiger partial charge >= 0.3 is 7.82 Å². The van der Waals surface area contributed by atoms with Gasteiger partial charge in [-0.3, -0.25) is 28.0 Å². The lowest BCUT2D eigenvalue weighted by molar-refractivity contribution is -0.130. The Labute approximate surface area is 216 Å². The van der Waals surface area contributed by atoms with Gasteiger partial charge in [0.25, 0.3) is 5.91 Å². The van der Waals surface area contributed by atoms with E-state index in [4.69, 9.17) is 24.0 Å². The minimum Gasteiger partial charge on any atom is -0.493 e. The van der Waals surface area contributed by atoms with Gasteiger partial charge in [0.15, 0.2) is 17.0 Å². The van der Waals surface area contributed by atoms with Crippen LogP contribution in [0.1, 0.15) is 37.5 Å². The van der Waals surface area contributed by atoms with E-state index >= 15 is 0 Å². The first kappa shape index (κ1) is 28.8. The Bertz CT molecular complexity index is 1180. The van der Waals surface area contributed by atoms with Crippen LogP contribution in [0.4, 0.5) is 0 Å². The molecule has 202 valence electrons. The average molecular weight is 558 g/mol. The number of phosphoric ester groups is 1. The van der Waals surface area contributed by atoms with Crippen LogP contribution < -0.4 is 10.3 Å². The van der Waals surface area contributed by atoms with Crippen LogP contribution in [0, 0.1) is 5.41 Å². The lowest BCUT2D eigenvalue weighted by Crippen LogP contribution is -2.30. The summed E-state index contributed by atoms with van der Waals surface area (Å²) < 4.78 is 35.9. The van der Waals surface area contributed by atoms with Gasteiger partial charge in [-0.25, -0.2) is 9.55 Å². The highest BCUT2D eigenvalue weighted by atomic mass is 32.2. The molecule has 2 heterocycles. The first-order valence-corrected chi connectivity index (χ1v) is 13.5. The molecule has 1 aliphatic heterocycles. The average Bonchev–Trinajstić information content (AvgIpc) is 3.34. The minimum atomic E-state index is -4.31. The van der Waals surface area contributed by atoms with Crippen molar-refractivity contribution in [3.8, 4) is 11.6 Å². The van der Waals surface area contributed by atoms with E-state index in [1.165, 1.54) is 12.1 Å². The second-order valence-electron chi connectivity index (χ2n) is 8.93. The Morgan fingerprint density at radius 1 is 1.24 bits per heavy atom. The number of benzene rings is 1. The van der Waals surface area contributed by atoms with E-state index in [-0.39, 0.29) is 23.2 Å². The Hall–Kier alpha value is -2.74. The normalized spacial score (nSPS) is 21.5. The summed E-state index contributed by atoms with van der Waals surface area (Å²) in [5.74, 6) is -2.26. The van der Waals surface area contributed by atoms with Crippen LogP contribution in [-0.2, 0) is 27.9 Å². The smallest absolute Gasteiger partial charge is 0.493 e. The molecule has 1 fully saturated rings. The standard InChI is InChI=1S/C22H28N3O10PS/c1-22(2,3)21(30)37-10-9-32-36(31,35-13-7-5-4-6-8-13)33-11-14-16(26)17(27)20(34-14)25-12-24-15(18(23)28)19(25)29/h4-8,12,14,16,20,26,29H,9-11H2,1-3H3,(H2,23,28)/t14-,16-,20-,36?/m1/s1. The molecule has 0 bridgehead atoms. The fourth-order valence-corrected chi connectivity index (χ4v) is 5.15. The number of ether oxygens (including phenoxy) is 1. The number of aromatic nitrogens is 2. The summed E-state index contributed by atoms with van der Waals surface area (Å²) >= 11 is 1.01. The van der Waals surface area contributed by atoms with Gasteiger partial charge in [0, 0.05) is 11.2 Å². The maximum Gasteiger partial charge on any atom is 0.530 e. The molecule has 0 spiro atoms. The highest BCUT2D eigenvalue weighted by molar-refractivity contribution is 8.13. The van der Waals surface area contributed by atoms with Crippen LogP contribution in [0.25, 0.3) is 0 Å². The molecule has 1 aromatic carbocycles. The maximum atomic E-state index is 13.4. The molecule has 1 saturated heterocycles. The lowest BCUT2D eigenvalue weighted by Gasteiger charge is -2.21. The first-order valence-electron chi connectivity index (χ1n) is 11.1. The molecule has 1 amide bonds. The molecule has 37 heavy (non-hydrogen) atoms. The highest BCUT2D eigenvalue weighted by Gasteiger charge is 2.46. The van der Waals surface area contributed by atoms with Crippen LogP contribution in [0.2, 0.25) is 0 Å². The summed E-state index contributed by atoms with van der Waals surface area (Å²) in [6.45, 7) is 4.56. The molecule has 0 saturated carbocycles. The number of nitrogens with zero attached hydrogens (tertiary/aromatic N) is 2. The van der Waals surface area contributed by atoms with Crippen molar-refractivity contribution >= 4 is 36.4 Å². The molecule has 13 nitrogen and oxygen atoms in total. The van der Waals surface area contributed by atoms with Crippen molar-refractivity contribution in [2.75, 3.05) is 19.0 Å². The van der Waals surface area contributed by atoms with Gasteiger partial charge in [0.1, 0.15) is 24.3 Å². The second-order valence-corrected chi connectivity index (χ2v) is 11.6. The summed E-state index contributed by atoms with van der Waals surface area (Å²) in [5.41, 5.74) is 4.07. The molecule has 3 rings (SSSR count). The number of carbonyl (C=O) groups excluding carboxylic acids is 3. The number of amides is 1. The SMILES string of the molecule is CC(C)(C)C(=O)SCCOP(=O)(OC[C@H]1O[C@@H](n2cnc(C(N)=O)c2O)C(=O)[C@@H]1O)Oc1ccccc1. The topological polar surface area (TPSA) is 189 Å². The van der Waals surface area contributed by atoms with E-state index in [0.717, 1.165) is 22.7 Å². The summed E-state index contributed by atoms with van der Waals surface area (Å²) in [6.07, 6.45) is -3.64. The number of Topliss-reactive ketones (excluding diaryl/α,β-unsaturated/α-hetero) is 1. The number of thioether (sulfide) groups is 1. The fourth-order valence-electron chi connectivity index (χ4n) is 3.03. The molecule has 4 N–H and O–H groups in total. The number of ketones is 1. The van der Waals surface area contributed by atoms with Crippen LogP contribution in [-0.4, -0.2) is 67.7 Å². The van der Waals surface area contributed by atoms with Gasteiger partial charge in [-0.05, 0) is 12.1 Å². The molecule has 0 radical (unpaired) electrons. The van der Waals surface area contributed by atoms with Crippen molar-refractivity contribution in [3.05, 3.63) is 42.4 Å². The molecule has 4 atom stereocenters. The number of hydrogen-bond donors (Lipinski definition) is 3. The zero-order valence-electron chi connectivity index (χ0n) is 20.3. The quantitative estimate of drug-likeness (QED) is 0.270. The third kappa shape index (κ3) is 7.18. The number of carbonyl (C=O) groups is 3. The van der Waals surface area contributed by atoms with Crippen LogP contribution in [0.5, 0.6) is 11.6 Å². The summed E-state index contributed by atoms with van der Waals surface area (Å²) in [6, 6.07) is 8.05. The van der Waals surface area contributed by atoms with Crippen molar-refractivity contribution in [3.63, 3.8) is 0 Å². The number of primary amides is 1. The largest absolute Gasteiger partial charge is 0.530 e. The minimum absolute atomic E-state index is 0.0786. The van der Waals surface area contributed by atoms with Gasteiger partial charge in [-0.15, -0.1) is 0 Å². The van der Waals surface area contributed by atoms with Crippen molar-refractivity contribution in [2.45, 2.75) is 39.2 Å². The Morgan fingerprint density at radius 2 is 1.92 bits per heavy atom. The molecule has 15 heteroatoms. The van der Waals surface area contributed by atoms with Crippen molar-refractivity contribution in [1.82, 2.24) is 9.55 Å². The van der Waals surface area contributed by atoms with E-state index in [1.54, 1.807) is 39.0 Å². The number of hydrogen-bond acceptors (Lipinski definition) is 12. The molecule has 1 aliphatic rings. The third-order valence-corrected chi connectivity index (χ3v) is 7.62. The predicted octanol–water partition coefficient (Wildman–Crippen LogP) is 2.04. The van der Waals surface area contributed by atoms with Gasteiger partial charge in [0.05, 0.1) is 13.2 Å². The summed E-state index contributed by atoms with van der Waals surface area (Å²) in [7, 11) is -4.31. The number of rotatable bonds is 11. The van der Waals surface area contributed by atoms with Crippen molar-refractivity contribution in [1.29, 1.82) is 0 Å². The highest BCUT2D eigenvalue weighted by Crippen LogP contribution is 2.50. The zero-order valence-corrected chi connectivity index (χ0v) is 22.0. The van der Waals surface area contributed by atoms with Gasteiger partial charge in [0.2, 0.25) is 11.7 Å². The monoisotopic (exact) mass is 557 g/mol. The van der Waals surface area contributed by atoms with Crippen LogP contribution >= 0.6 is 19.6 Å². The predicted molar refractivity (Wildman–Crippen MR) is 131 cm³/mol. The number of nitrogens with two attached hydrogens (primary N) is 1.